The van der Waals surface area contributed by atoms with E-state index in [1.54, 1.807) is 0 Å². The van der Waals surface area contributed by atoms with Crippen molar-refractivity contribution in [2.45, 2.75) is 168 Å². The van der Waals surface area contributed by atoms with Gasteiger partial charge in [0.1, 0.15) is 6.04 Å². The minimum Gasteiger partial charge on any atom is -0.544 e. The van der Waals surface area contributed by atoms with E-state index in [4.69, 9.17) is 0 Å². The summed E-state index contributed by atoms with van der Waals surface area (Å²) < 4.78 is -0.539. The van der Waals surface area contributed by atoms with Crippen molar-refractivity contribution in [2.75, 3.05) is 6.54 Å². The Hall–Kier alpha value is -1.89. The number of hydrogen-bond acceptors (Lipinski definition) is 4. The van der Waals surface area contributed by atoms with Gasteiger partial charge in [-0.05, 0) is 59.3 Å². The normalized spacial score (nSPS) is 15.6. The second kappa shape index (κ2) is 22.9. The molecule has 2 N–H and O–H groups in total. The summed E-state index contributed by atoms with van der Waals surface area (Å²) in [6, 6.07) is -3.55. The van der Waals surface area contributed by atoms with Crippen molar-refractivity contribution in [3.05, 3.63) is 12.2 Å². The van der Waals surface area contributed by atoms with Crippen molar-refractivity contribution < 1.29 is 34.2 Å². The standard InChI is InChI=1S/C32H59NO6/c1-5-6-7-8-9-10-11-12-13-14-15-16-17-18-19-20-21-22-23-24-25-26-33(27(2)30(34)35,28(3)31(36)37)29(4)32(38)39/h10-11,27-29H,5-9,12-26H2,1-4H3,(H2-,34,35,36,37,38,39)/b11-10+. The highest BCUT2D eigenvalue weighted by molar-refractivity contribution is 5.76. The summed E-state index contributed by atoms with van der Waals surface area (Å²) in [6.45, 7) is 6.60. The smallest absolute Gasteiger partial charge is 0.362 e. The molecule has 0 fully saturated rings. The van der Waals surface area contributed by atoms with E-state index in [9.17, 15) is 29.7 Å². The molecule has 3 unspecified atom stereocenters. The van der Waals surface area contributed by atoms with Gasteiger partial charge in [0.15, 0.2) is 12.1 Å². The first-order valence-electron chi connectivity index (χ1n) is 15.8. The lowest BCUT2D eigenvalue weighted by molar-refractivity contribution is -0.969. The number of nitrogens with zero attached hydrogens (tertiary/aromatic N) is 1. The monoisotopic (exact) mass is 553 g/mol. The zero-order valence-electron chi connectivity index (χ0n) is 25.5. The number of quaternary nitrogens is 1. The van der Waals surface area contributed by atoms with E-state index in [-0.39, 0.29) is 6.54 Å². The quantitative estimate of drug-likeness (QED) is 0.0651. The van der Waals surface area contributed by atoms with Crippen molar-refractivity contribution in [3.8, 4) is 0 Å². The lowest BCUT2D eigenvalue weighted by atomic mass is 10.00. The molecule has 39 heavy (non-hydrogen) atoms. The maximum Gasteiger partial charge on any atom is 0.362 e. The van der Waals surface area contributed by atoms with Crippen LogP contribution in [0.4, 0.5) is 0 Å². The van der Waals surface area contributed by atoms with Crippen molar-refractivity contribution >= 4 is 17.9 Å². The predicted molar refractivity (Wildman–Crippen MR) is 156 cm³/mol. The highest BCUT2D eigenvalue weighted by Crippen LogP contribution is 2.27. The van der Waals surface area contributed by atoms with E-state index in [1.165, 1.54) is 111 Å². The number of carbonyl (C=O) groups is 3. The Balaban J connectivity index is 4.02. The molecule has 0 aliphatic rings. The van der Waals surface area contributed by atoms with E-state index in [2.05, 4.69) is 19.1 Å². The molecule has 3 atom stereocenters. The molecule has 0 aliphatic heterocycles. The molecule has 0 heterocycles. The maximum atomic E-state index is 11.8. The molecule has 0 spiro atoms. The van der Waals surface area contributed by atoms with Crippen molar-refractivity contribution in [2.24, 2.45) is 0 Å². The topological polar surface area (TPSA) is 115 Å². The second-order valence-corrected chi connectivity index (χ2v) is 11.4. The number of carbonyl (C=O) groups excluding carboxylic acids is 1. The molecule has 0 aromatic carbocycles. The third-order valence-electron chi connectivity index (χ3n) is 8.53. The molecule has 7 heteroatoms. The van der Waals surface area contributed by atoms with Gasteiger partial charge in [0.2, 0.25) is 0 Å². The fourth-order valence-electron chi connectivity index (χ4n) is 5.71. The van der Waals surface area contributed by atoms with E-state index >= 15 is 0 Å². The van der Waals surface area contributed by atoms with Gasteiger partial charge in [-0.15, -0.1) is 0 Å². The zero-order chi connectivity index (χ0) is 29.5. The minimum atomic E-state index is -1.42. The summed E-state index contributed by atoms with van der Waals surface area (Å²) in [5.41, 5.74) is 0. The van der Waals surface area contributed by atoms with Gasteiger partial charge in [-0.2, -0.15) is 0 Å². The second-order valence-electron chi connectivity index (χ2n) is 11.4. The molecule has 0 bridgehead atoms. The van der Waals surface area contributed by atoms with Crippen LogP contribution in [0, 0.1) is 0 Å². The van der Waals surface area contributed by atoms with Crippen LogP contribution in [0.5, 0.6) is 0 Å². The maximum absolute atomic E-state index is 11.8. The highest BCUT2D eigenvalue weighted by Gasteiger charge is 2.50. The number of hydrogen-bond donors (Lipinski definition) is 2. The van der Waals surface area contributed by atoms with E-state index < -0.39 is 40.5 Å². The van der Waals surface area contributed by atoms with E-state index in [0.29, 0.717) is 6.42 Å². The zero-order valence-corrected chi connectivity index (χ0v) is 25.5. The molecule has 0 rings (SSSR count). The van der Waals surface area contributed by atoms with Gasteiger partial charge >= 0.3 is 11.9 Å². The Morgan fingerprint density at radius 3 is 1.26 bits per heavy atom. The lowest BCUT2D eigenvalue weighted by Crippen LogP contribution is -2.72. The summed E-state index contributed by atoms with van der Waals surface area (Å²) in [4.78, 5) is 35.3. The van der Waals surface area contributed by atoms with Gasteiger partial charge in [0.25, 0.3) is 0 Å². The van der Waals surface area contributed by atoms with Crippen molar-refractivity contribution in [1.82, 2.24) is 0 Å². The SMILES string of the molecule is CCCCCC/C=C/CCCCCCCCCCCCCCC[N+](C(C)C(=O)[O-])(C(C)C(=O)O)C(C)C(=O)O. The molecule has 0 aromatic heterocycles. The Kier molecular flexibility index (Phi) is 21.8. The first-order chi connectivity index (χ1) is 18.6. The number of aliphatic carboxylic acids is 3. The molecule has 228 valence electrons. The van der Waals surface area contributed by atoms with Crippen LogP contribution in [0.1, 0.15) is 150 Å². The molecule has 0 aromatic rings. The fourth-order valence-corrected chi connectivity index (χ4v) is 5.71. The Morgan fingerprint density at radius 2 is 0.923 bits per heavy atom. The summed E-state index contributed by atoms with van der Waals surface area (Å²) >= 11 is 0. The Labute approximate surface area is 238 Å². The number of carboxylic acid groups (broad SMARTS) is 3. The van der Waals surface area contributed by atoms with Gasteiger partial charge in [0, 0.05) is 0 Å². The molecule has 0 radical (unpaired) electrons. The fraction of sp³-hybridized carbons (Fsp3) is 0.844. The van der Waals surface area contributed by atoms with Gasteiger partial charge in [-0.1, -0.05) is 103 Å². The van der Waals surface area contributed by atoms with Crippen LogP contribution in [-0.2, 0) is 14.4 Å². The summed E-state index contributed by atoms with van der Waals surface area (Å²) in [5.74, 6) is -3.81. The van der Waals surface area contributed by atoms with E-state index in [0.717, 1.165) is 25.7 Å². The molecule has 0 amide bonds. The third-order valence-corrected chi connectivity index (χ3v) is 8.53. The van der Waals surface area contributed by atoms with Crippen LogP contribution in [0.25, 0.3) is 0 Å². The lowest BCUT2D eigenvalue weighted by Gasteiger charge is -2.49. The summed E-state index contributed by atoms with van der Waals surface area (Å²) in [7, 11) is 0. The predicted octanol–water partition coefficient (Wildman–Crippen LogP) is 6.88. The number of rotatable bonds is 27. The van der Waals surface area contributed by atoms with E-state index in [1.807, 2.05) is 0 Å². The Bertz CT molecular complexity index is 642. The summed E-state index contributed by atoms with van der Waals surface area (Å²) in [6.07, 6.45) is 27.6. The van der Waals surface area contributed by atoms with Gasteiger partial charge in [-0.3, -0.25) is 4.48 Å². The van der Waals surface area contributed by atoms with Crippen LogP contribution in [0.3, 0.4) is 0 Å². The number of carboxylic acids is 3. The first kappa shape index (κ1) is 37.1. The van der Waals surface area contributed by atoms with Gasteiger partial charge in [0.05, 0.1) is 12.5 Å². The van der Waals surface area contributed by atoms with Crippen LogP contribution >= 0.6 is 0 Å². The van der Waals surface area contributed by atoms with Crippen LogP contribution in [0.15, 0.2) is 12.2 Å². The molecular formula is C32H59NO6. The molecule has 0 saturated carbocycles. The molecule has 0 aliphatic carbocycles. The number of allylic oxidation sites excluding steroid dienone is 2. The molecule has 0 saturated heterocycles. The first-order valence-corrected chi connectivity index (χ1v) is 15.8. The van der Waals surface area contributed by atoms with Crippen LogP contribution in [-0.4, -0.2) is 57.3 Å². The van der Waals surface area contributed by atoms with Gasteiger partial charge in [-0.25, -0.2) is 9.59 Å². The summed E-state index contributed by atoms with van der Waals surface area (Å²) in [5, 5.41) is 31.0. The number of unbranched alkanes of at least 4 members (excludes halogenated alkanes) is 17. The average molecular weight is 554 g/mol. The largest absolute Gasteiger partial charge is 0.544 e. The Morgan fingerprint density at radius 1 is 0.590 bits per heavy atom. The van der Waals surface area contributed by atoms with Crippen molar-refractivity contribution in [3.63, 3.8) is 0 Å². The van der Waals surface area contributed by atoms with Crippen molar-refractivity contribution in [1.29, 1.82) is 0 Å². The van der Waals surface area contributed by atoms with Crippen LogP contribution < -0.4 is 5.11 Å². The van der Waals surface area contributed by atoms with Crippen LogP contribution in [0.2, 0.25) is 0 Å². The molecule has 7 nitrogen and oxygen atoms in total. The highest BCUT2D eigenvalue weighted by atomic mass is 16.4. The van der Waals surface area contributed by atoms with Gasteiger partial charge < -0.3 is 20.1 Å². The average Bonchev–Trinajstić information content (AvgIpc) is 2.90. The third kappa shape index (κ3) is 15.5. The minimum absolute atomic E-state index is 0.186. The molecular weight excluding hydrogens is 494 g/mol.